The van der Waals surface area contributed by atoms with Gasteiger partial charge in [0.15, 0.2) is 0 Å². The second-order valence-corrected chi connectivity index (χ2v) is 8.48. The Morgan fingerprint density at radius 1 is 0.929 bits per heavy atom. The Bertz CT molecular complexity index is 1260. The number of fused-ring (bicyclic) bond motifs is 3. The number of hydrogen-bond acceptors (Lipinski definition) is 4. The van der Waals surface area contributed by atoms with Gasteiger partial charge in [-0.05, 0) is 36.4 Å². The molecule has 0 spiro atoms. The number of rotatable bonds is 5. The van der Waals surface area contributed by atoms with E-state index in [1.54, 1.807) is 36.4 Å². The Balaban J connectivity index is 1.60. The maximum atomic E-state index is 12.9. The van der Waals surface area contributed by atoms with Crippen LogP contribution in [0.25, 0.3) is 21.9 Å². The van der Waals surface area contributed by atoms with E-state index in [4.69, 9.17) is 4.42 Å². The lowest BCUT2D eigenvalue weighted by atomic mass is 10.1. The van der Waals surface area contributed by atoms with Crippen molar-refractivity contribution in [1.82, 2.24) is 4.31 Å². The molecule has 0 bridgehead atoms. The first-order valence-electron chi connectivity index (χ1n) is 8.68. The molecule has 28 heavy (non-hydrogen) atoms. The molecular formula is C21H18N2O4S. The number of carbonyl (C=O) groups excluding carboxylic acids is 1. The van der Waals surface area contributed by atoms with Crippen LogP contribution in [0.2, 0.25) is 0 Å². The van der Waals surface area contributed by atoms with Gasteiger partial charge in [-0.2, -0.15) is 4.31 Å². The minimum atomic E-state index is -3.83. The summed E-state index contributed by atoms with van der Waals surface area (Å²) in [4.78, 5) is 12.3. The number of furan rings is 1. The molecule has 1 aromatic heterocycles. The molecule has 0 unspecified atom stereocenters. The highest BCUT2D eigenvalue weighted by Crippen LogP contribution is 2.30. The number of carbonyl (C=O) groups is 1. The molecule has 0 aliphatic heterocycles. The van der Waals surface area contributed by atoms with E-state index in [-0.39, 0.29) is 11.4 Å². The highest BCUT2D eigenvalue weighted by Gasteiger charge is 2.24. The summed E-state index contributed by atoms with van der Waals surface area (Å²) in [5, 5.41) is 4.25. The summed E-state index contributed by atoms with van der Waals surface area (Å²) in [6.07, 6.45) is 0. The number of likely N-dealkylation sites (N-methyl/N-ethyl adjacent to an activating group) is 1. The van der Waals surface area contributed by atoms with Crippen molar-refractivity contribution in [2.24, 2.45) is 0 Å². The summed E-state index contributed by atoms with van der Waals surface area (Å²) < 4.78 is 32.6. The van der Waals surface area contributed by atoms with E-state index in [1.807, 2.05) is 30.3 Å². The van der Waals surface area contributed by atoms with Crippen molar-refractivity contribution in [3.63, 3.8) is 0 Å². The minimum absolute atomic E-state index is 0.113. The molecule has 4 aromatic rings. The summed E-state index contributed by atoms with van der Waals surface area (Å²) in [5.41, 5.74) is 1.93. The number of sulfonamides is 1. The average Bonchev–Trinajstić information content (AvgIpc) is 3.06. The monoisotopic (exact) mass is 394 g/mol. The van der Waals surface area contributed by atoms with Gasteiger partial charge < -0.3 is 9.73 Å². The fraction of sp³-hybridized carbons (Fsp3) is 0.0952. The van der Waals surface area contributed by atoms with E-state index in [0.29, 0.717) is 16.9 Å². The van der Waals surface area contributed by atoms with Crippen LogP contribution in [0.4, 0.5) is 5.69 Å². The van der Waals surface area contributed by atoms with Gasteiger partial charge in [-0.15, -0.1) is 0 Å². The van der Waals surface area contributed by atoms with Crippen molar-refractivity contribution in [3.05, 3.63) is 72.8 Å². The fourth-order valence-corrected chi connectivity index (χ4v) is 4.21. The second kappa shape index (κ2) is 7.10. The third kappa shape index (κ3) is 3.37. The summed E-state index contributed by atoms with van der Waals surface area (Å²) >= 11 is 0. The van der Waals surface area contributed by atoms with Gasteiger partial charge in [0.25, 0.3) is 0 Å². The lowest BCUT2D eigenvalue weighted by Gasteiger charge is -2.17. The summed E-state index contributed by atoms with van der Waals surface area (Å²) in [5.74, 6) is -0.410. The van der Waals surface area contributed by atoms with Crippen molar-refractivity contribution in [2.75, 3.05) is 18.9 Å². The molecular weight excluding hydrogens is 376 g/mol. The standard InChI is InChI=1S/C21H18N2O4S/c1-23(14-21(24)22-15-7-3-2-4-8-15)28(25,26)16-11-12-20-18(13-16)17-9-5-6-10-19(17)27-20/h2-13H,14H2,1H3,(H,22,24). The zero-order valence-corrected chi connectivity index (χ0v) is 15.9. The number of amides is 1. The van der Waals surface area contributed by atoms with E-state index < -0.39 is 15.9 Å². The molecule has 1 amide bonds. The number of para-hydroxylation sites is 2. The number of nitrogens with zero attached hydrogens (tertiary/aromatic N) is 1. The maximum absolute atomic E-state index is 12.9. The second-order valence-electron chi connectivity index (χ2n) is 6.43. The molecule has 0 radical (unpaired) electrons. The van der Waals surface area contributed by atoms with Gasteiger partial charge >= 0.3 is 0 Å². The predicted octanol–water partition coefficient (Wildman–Crippen LogP) is 3.85. The number of nitrogens with one attached hydrogen (secondary N) is 1. The lowest BCUT2D eigenvalue weighted by molar-refractivity contribution is -0.116. The van der Waals surface area contributed by atoms with Crippen molar-refractivity contribution in [2.45, 2.75) is 4.90 Å². The predicted molar refractivity (Wildman–Crippen MR) is 109 cm³/mol. The average molecular weight is 394 g/mol. The van der Waals surface area contributed by atoms with Crippen LogP contribution in [0, 0.1) is 0 Å². The van der Waals surface area contributed by atoms with E-state index in [1.165, 1.54) is 13.1 Å². The number of hydrogen-bond donors (Lipinski definition) is 1. The number of benzene rings is 3. The highest BCUT2D eigenvalue weighted by molar-refractivity contribution is 7.89. The molecule has 0 fully saturated rings. The van der Waals surface area contributed by atoms with Gasteiger partial charge in [-0.1, -0.05) is 36.4 Å². The van der Waals surface area contributed by atoms with Crippen molar-refractivity contribution in [1.29, 1.82) is 0 Å². The Kier molecular flexibility index (Phi) is 4.62. The Labute approximate surface area is 162 Å². The first-order valence-corrected chi connectivity index (χ1v) is 10.1. The van der Waals surface area contributed by atoms with Gasteiger partial charge in [0.05, 0.1) is 11.4 Å². The van der Waals surface area contributed by atoms with Crippen LogP contribution in [0.3, 0.4) is 0 Å². The minimum Gasteiger partial charge on any atom is -0.456 e. The molecule has 0 saturated carbocycles. The Hall–Kier alpha value is -3.16. The zero-order chi connectivity index (χ0) is 19.7. The normalized spacial score (nSPS) is 11.9. The first-order chi connectivity index (χ1) is 13.4. The van der Waals surface area contributed by atoms with Gasteiger partial charge in [-0.3, -0.25) is 4.79 Å². The maximum Gasteiger partial charge on any atom is 0.243 e. The van der Waals surface area contributed by atoms with E-state index in [9.17, 15) is 13.2 Å². The lowest BCUT2D eigenvalue weighted by Crippen LogP contribution is -2.34. The third-order valence-electron chi connectivity index (χ3n) is 4.48. The van der Waals surface area contributed by atoms with Crippen LogP contribution in [-0.2, 0) is 14.8 Å². The quantitative estimate of drug-likeness (QED) is 0.558. The third-order valence-corrected chi connectivity index (χ3v) is 6.28. The van der Waals surface area contributed by atoms with Crippen LogP contribution in [0.5, 0.6) is 0 Å². The molecule has 1 N–H and O–H groups in total. The van der Waals surface area contributed by atoms with E-state index in [0.717, 1.165) is 15.1 Å². The smallest absolute Gasteiger partial charge is 0.243 e. The van der Waals surface area contributed by atoms with Gasteiger partial charge in [-0.25, -0.2) is 8.42 Å². The summed E-state index contributed by atoms with van der Waals surface area (Å²) in [6.45, 7) is -0.290. The van der Waals surface area contributed by atoms with Crippen molar-refractivity contribution < 1.29 is 17.6 Å². The molecule has 142 valence electrons. The number of anilines is 1. The molecule has 6 nitrogen and oxygen atoms in total. The topological polar surface area (TPSA) is 79.6 Å². The van der Waals surface area contributed by atoms with E-state index >= 15 is 0 Å². The molecule has 0 atom stereocenters. The van der Waals surface area contributed by atoms with Crippen LogP contribution in [0.1, 0.15) is 0 Å². The van der Waals surface area contributed by atoms with Crippen LogP contribution >= 0.6 is 0 Å². The Morgan fingerprint density at radius 3 is 2.39 bits per heavy atom. The SMILES string of the molecule is CN(CC(=O)Nc1ccccc1)S(=O)(=O)c1ccc2oc3ccccc3c2c1. The molecule has 7 heteroatoms. The van der Waals surface area contributed by atoms with Gasteiger partial charge in [0.2, 0.25) is 15.9 Å². The summed E-state index contributed by atoms with van der Waals surface area (Å²) in [7, 11) is -2.45. The largest absolute Gasteiger partial charge is 0.456 e. The highest BCUT2D eigenvalue weighted by atomic mass is 32.2. The van der Waals surface area contributed by atoms with Crippen LogP contribution in [-0.4, -0.2) is 32.2 Å². The Morgan fingerprint density at radius 2 is 1.61 bits per heavy atom. The molecule has 0 aliphatic rings. The first kappa shape index (κ1) is 18.2. The molecule has 1 heterocycles. The molecule has 0 saturated heterocycles. The van der Waals surface area contributed by atoms with Crippen molar-refractivity contribution >= 4 is 43.6 Å². The molecule has 3 aromatic carbocycles. The van der Waals surface area contributed by atoms with E-state index in [2.05, 4.69) is 5.32 Å². The molecule has 4 rings (SSSR count). The van der Waals surface area contributed by atoms with Gasteiger partial charge in [0, 0.05) is 23.5 Å². The summed E-state index contributed by atoms with van der Waals surface area (Å²) in [6, 6.07) is 21.1. The van der Waals surface area contributed by atoms with Crippen molar-refractivity contribution in [3.8, 4) is 0 Å². The van der Waals surface area contributed by atoms with Gasteiger partial charge in [0.1, 0.15) is 11.2 Å². The molecule has 0 aliphatic carbocycles. The fourth-order valence-electron chi connectivity index (χ4n) is 3.05. The van der Waals surface area contributed by atoms with Crippen LogP contribution < -0.4 is 5.32 Å². The van der Waals surface area contributed by atoms with Crippen LogP contribution in [0.15, 0.2) is 82.1 Å². The zero-order valence-electron chi connectivity index (χ0n) is 15.1.